The van der Waals surface area contributed by atoms with Crippen LogP contribution in [0.4, 0.5) is 0 Å². The van der Waals surface area contributed by atoms with Crippen LogP contribution in [-0.2, 0) is 16.1 Å². The molecule has 0 aliphatic heterocycles. The fourth-order valence-electron chi connectivity index (χ4n) is 0.925. The van der Waals surface area contributed by atoms with Gasteiger partial charge in [0, 0.05) is 9.50 Å². The fourth-order valence-corrected chi connectivity index (χ4v) is 1.65. The fraction of sp³-hybridized carbons (Fsp3) is 0.300. The van der Waals surface area contributed by atoms with Crippen molar-refractivity contribution in [2.45, 2.75) is 19.6 Å². The maximum atomic E-state index is 10.5. The number of hydrogen-bond donors (Lipinski definition) is 1. The molecule has 0 unspecified atom stereocenters. The summed E-state index contributed by atoms with van der Waals surface area (Å²) in [6, 6.07) is 5.36. The molecular formula is C10H10BrClO3. The Morgan fingerprint density at radius 2 is 2.33 bits per heavy atom. The number of aliphatic carboxylic acids is 1. The van der Waals surface area contributed by atoms with Crippen molar-refractivity contribution in [2.24, 2.45) is 0 Å². The molecule has 0 aliphatic rings. The van der Waals surface area contributed by atoms with Gasteiger partial charge in [-0.15, -0.1) is 0 Å². The number of ether oxygens (including phenoxy) is 1. The first-order valence-corrected chi connectivity index (χ1v) is 5.46. The van der Waals surface area contributed by atoms with Crippen LogP contribution in [0.1, 0.15) is 12.5 Å². The third-order valence-electron chi connectivity index (χ3n) is 1.85. The first-order chi connectivity index (χ1) is 7.00. The van der Waals surface area contributed by atoms with E-state index in [9.17, 15) is 4.79 Å². The van der Waals surface area contributed by atoms with Crippen LogP contribution in [0.2, 0.25) is 5.02 Å². The Labute approximate surface area is 101 Å². The standard InChI is InChI=1S/C10H10BrClO3/c1-6(10(13)14)15-5-7-2-3-8(11)4-9(7)12/h2-4,6H,5H2,1H3,(H,13,14)/t6-/m0/s1. The minimum absolute atomic E-state index is 0.194. The van der Waals surface area contributed by atoms with E-state index in [2.05, 4.69) is 15.9 Å². The van der Waals surface area contributed by atoms with Crippen molar-refractivity contribution in [1.29, 1.82) is 0 Å². The topological polar surface area (TPSA) is 46.5 Å². The van der Waals surface area contributed by atoms with Gasteiger partial charge in [0.1, 0.15) is 0 Å². The second-order valence-corrected chi connectivity index (χ2v) is 4.35. The predicted octanol–water partition coefficient (Wildman–Crippen LogP) is 3.09. The molecule has 3 nitrogen and oxygen atoms in total. The minimum Gasteiger partial charge on any atom is -0.479 e. The van der Waals surface area contributed by atoms with E-state index >= 15 is 0 Å². The molecule has 1 aromatic carbocycles. The molecule has 1 rings (SSSR count). The average molecular weight is 294 g/mol. The lowest BCUT2D eigenvalue weighted by molar-refractivity contribution is -0.149. The third-order valence-corrected chi connectivity index (χ3v) is 2.70. The summed E-state index contributed by atoms with van der Waals surface area (Å²) in [7, 11) is 0. The summed E-state index contributed by atoms with van der Waals surface area (Å²) in [5.41, 5.74) is 0.771. The number of rotatable bonds is 4. The summed E-state index contributed by atoms with van der Waals surface area (Å²) in [6.07, 6.45) is -0.829. The highest BCUT2D eigenvalue weighted by Gasteiger charge is 2.11. The summed E-state index contributed by atoms with van der Waals surface area (Å²) in [6.45, 7) is 1.68. The molecule has 0 amide bonds. The van der Waals surface area contributed by atoms with Gasteiger partial charge >= 0.3 is 5.97 Å². The van der Waals surface area contributed by atoms with Crippen molar-refractivity contribution in [3.8, 4) is 0 Å². The zero-order valence-corrected chi connectivity index (χ0v) is 10.4. The van der Waals surface area contributed by atoms with E-state index in [-0.39, 0.29) is 6.61 Å². The van der Waals surface area contributed by atoms with Crippen LogP contribution in [-0.4, -0.2) is 17.2 Å². The highest BCUT2D eigenvalue weighted by molar-refractivity contribution is 9.10. The minimum atomic E-state index is -0.983. The van der Waals surface area contributed by atoms with E-state index in [1.165, 1.54) is 6.92 Å². The number of hydrogen-bond acceptors (Lipinski definition) is 2. The lowest BCUT2D eigenvalue weighted by Gasteiger charge is -2.09. The Bertz CT molecular complexity index is 368. The Balaban J connectivity index is 2.62. The van der Waals surface area contributed by atoms with Gasteiger partial charge in [-0.2, -0.15) is 0 Å². The zero-order valence-electron chi connectivity index (χ0n) is 8.04. The summed E-state index contributed by atoms with van der Waals surface area (Å²) < 4.78 is 5.99. The number of carbonyl (C=O) groups is 1. The van der Waals surface area contributed by atoms with Gasteiger partial charge in [0.25, 0.3) is 0 Å². The second kappa shape index (κ2) is 5.49. The van der Waals surface area contributed by atoms with Gasteiger partial charge in [0.15, 0.2) is 6.10 Å². The molecule has 0 radical (unpaired) electrons. The molecule has 0 fully saturated rings. The smallest absolute Gasteiger partial charge is 0.332 e. The molecule has 0 bridgehead atoms. The molecular weight excluding hydrogens is 283 g/mol. The maximum Gasteiger partial charge on any atom is 0.332 e. The Morgan fingerprint density at radius 1 is 1.67 bits per heavy atom. The van der Waals surface area contributed by atoms with Crippen molar-refractivity contribution in [1.82, 2.24) is 0 Å². The van der Waals surface area contributed by atoms with Crippen molar-refractivity contribution >= 4 is 33.5 Å². The summed E-state index contributed by atoms with van der Waals surface area (Å²) >= 11 is 9.22. The van der Waals surface area contributed by atoms with Crippen LogP contribution < -0.4 is 0 Å². The van der Waals surface area contributed by atoms with Gasteiger partial charge in [-0.05, 0) is 24.6 Å². The van der Waals surface area contributed by atoms with Crippen molar-refractivity contribution < 1.29 is 14.6 Å². The van der Waals surface area contributed by atoms with Gasteiger partial charge in [0.2, 0.25) is 0 Å². The van der Waals surface area contributed by atoms with Gasteiger partial charge in [-0.25, -0.2) is 4.79 Å². The lowest BCUT2D eigenvalue weighted by atomic mass is 10.2. The number of halogens is 2. The van der Waals surface area contributed by atoms with E-state index in [1.807, 2.05) is 6.07 Å². The van der Waals surface area contributed by atoms with E-state index in [0.717, 1.165) is 10.0 Å². The number of benzene rings is 1. The summed E-state index contributed by atoms with van der Waals surface area (Å²) in [5.74, 6) is -0.983. The van der Waals surface area contributed by atoms with Gasteiger partial charge in [0.05, 0.1) is 6.61 Å². The molecule has 0 aromatic heterocycles. The Hall–Kier alpha value is -0.580. The van der Waals surface area contributed by atoms with E-state index in [0.29, 0.717) is 5.02 Å². The third kappa shape index (κ3) is 3.81. The van der Waals surface area contributed by atoms with Gasteiger partial charge in [-0.1, -0.05) is 33.6 Å². The van der Waals surface area contributed by atoms with Crippen molar-refractivity contribution in [3.05, 3.63) is 33.3 Å². The molecule has 5 heteroatoms. The van der Waals surface area contributed by atoms with E-state index in [4.69, 9.17) is 21.4 Å². The average Bonchev–Trinajstić information content (AvgIpc) is 2.15. The predicted molar refractivity (Wildman–Crippen MR) is 61.0 cm³/mol. The lowest BCUT2D eigenvalue weighted by Crippen LogP contribution is -2.19. The highest BCUT2D eigenvalue weighted by atomic mass is 79.9. The molecule has 1 atom stereocenters. The molecule has 0 saturated heterocycles. The van der Waals surface area contributed by atoms with Crippen LogP contribution in [0.5, 0.6) is 0 Å². The second-order valence-electron chi connectivity index (χ2n) is 3.03. The zero-order chi connectivity index (χ0) is 11.4. The monoisotopic (exact) mass is 292 g/mol. The van der Waals surface area contributed by atoms with Crippen LogP contribution in [0, 0.1) is 0 Å². The molecule has 0 saturated carbocycles. The SMILES string of the molecule is C[C@H](OCc1ccc(Br)cc1Cl)C(=O)O. The van der Waals surface area contributed by atoms with Crippen molar-refractivity contribution in [2.75, 3.05) is 0 Å². The largest absolute Gasteiger partial charge is 0.479 e. The van der Waals surface area contributed by atoms with Crippen molar-refractivity contribution in [3.63, 3.8) is 0 Å². The normalized spacial score (nSPS) is 12.5. The quantitative estimate of drug-likeness (QED) is 0.928. The van der Waals surface area contributed by atoms with Crippen LogP contribution in [0.25, 0.3) is 0 Å². The number of carboxylic acid groups (broad SMARTS) is 1. The maximum absolute atomic E-state index is 10.5. The highest BCUT2D eigenvalue weighted by Crippen LogP contribution is 2.22. The molecule has 0 heterocycles. The first kappa shape index (κ1) is 12.5. The molecule has 82 valence electrons. The Kier molecular flexibility index (Phi) is 4.57. The number of carboxylic acids is 1. The van der Waals surface area contributed by atoms with Crippen LogP contribution >= 0.6 is 27.5 Å². The molecule has 1 N–H and O–H groups in total. The van der Waals surface area contributed by atoms with Gasteiger partial charge < -0.3 is 9.84 Å². The molecule has 15 heavy (non-hydrogen) atoms. The first-order valence-electron chi connectivity index (χ1n) is 4.29. The summed E-state index contributed by atoms with van der Waals surface area (Å²) in [4.78, 5) is 10.5. The molecule has 1 aromatic rings. The van der Waals surface area contributed by atoms with Gasteiger partial charge in [-0.3, -0.25) is 0 Å². The van der Waals surface area contributed by atoms with Crippen LogP contribution in [0.15, 0.2) is 22.7 Å². The van der Waals surface area contributed by atoms with E-state index < -0.39 is 12.1 Å². The molecule has 0 aliphatic carbocycles. The summed E-state index contributed by atoms with van der Waals surface area (Å²) in [5, 5.41) is 9.17. The van der Waals surface area contributed by atoms with Crippen LogP contribution in [0.3, 0.4) is 0 Å². The Morgan fingerprint density at radius 3 is 2.87 bits per heavy atom. The molecule has 0 spiro atoms. The van der Waals surface area contributed by atoms with E-state index in [1.54, 1.807) is 12.1 Å².